The van der Waals surface area contributed by atoms with Crippen LogP contribution in [0.5, 0.6) is 0 Å². The molecule has 1 saturated carbocycles. The van der Waals surface area contributed by atoms with Crippen molar-refractivity contribution < 1.29 is 14.3 Å². The van der Waals surface area contributed by atoms with E-state index in [1.165, 1.54) is 43.2 Å². The van der Waals surface area contributed by atoms with E-state index < -0.39 is 5.60 Å². The number of rotatable bonds is 6. The Morgan fingerprint density at radius 3 is 2.31 bits per heavy atom. The minimum atomic E-state index is -0.448. The lowest BCUT2D eigenvalue weighted by molar-refractivity contribution is 0.0485. The summed E-state index contributed by atoms with van der Waals surface area (Å²) in [5, 5.41) is 3.05. The zero-order chi connectivity index (χ0) is 23.0. The third kappa shape index (κ3) is 5.03. The van der Waals surface area contributed by atoms with Crippen LogP contribution < -0.4 is 5.32 Å². The first-order chi connectivity index (χ1) is 15.1. The largest absolute Gasteiger partial charge is 0.444 e. The number of alkyl carbamates (subject to hydrolysis) is 1. The van der Waals surface area contributed by atoms with Crippen molar-refractivity contribution in [3.05, 3.63) is 34.9 Å². The van der Waals surface area contributed by atoms with Crippen LogP contribution in [0.2, 0.25) is 0 Å². The van der Waals surface area contributed by atoms with Crippen LogP contribution in [0, 0.1) is 11.8 Å². The first kappa shape index (κ1) is 23.3. The first-order valence-corrected chi connectivity index (χ1v) is 12.6. The molecule has 1 N–H and O–H groups in total. The van der Waals surface area contributed by atoms with Crippen LogP contribution in [0.15, 0.2) is 18.2 Å². The van der Waals surface area contributed by atoms with Crippen LogP contribution >= 0.6 is 0 Å². The van der Waals surface area contributed by atoms with E-state index in [1.807, 2.05) is 40.7 Å². The summed E-state index contributed by atoms with van der Waals surface area (Å²) in [5.41, 5.74) is 3.28. The Labute approximate surface area is 193 Å². The van der Waals surface area contributed by atoms with Gasteiger partial charge < -0.3 is 10.1 Å². The van der Waals surface area contributed by atoms with Gasteiger partial charge in [0.15, 0.2) is 5.78 Å². The summed E-state index contributed by atoms with van der Waals surface area (Å²) in [6.45, 7) is 10.8. The van der Waals surface area contributed by atoms with Gasteiger partial charge in [0, 0.05) is 29.6 Å². The molecule has 0 radical (unpaired) electrons. The molecule has 4 rings (SSSR count). The molecule has 2 aliphatic heterocycles. The van der Waals surface area contributed by atoms with E-state index >= 15 is 0 Å². The minimum absolute atomic E-state index is 0.0441. The van der Waals surface area contributed by atoms with Gasteiger partial charge in [-0.25, -0.2) is 4.79 Å². The molecule has 176 valence electrons. The number of ketones is 1. The van der Waals surface area contributed by atoms with Crippen molar-refractivity contribution in [3.63, 3.8) is 0 Å². The molecule has 32 heavy (non-hydrogen) atoms. The molecule has 1 aromatic rings. The van der Waals surface area contributed by atoms with Crippen LogP contribution in [0.25, 0.3) is 0 Å². The van der Waals surface area contributed by atoms with Gasteiger partial charge >= 0.3 is 6.09 Å². The normalized spacial score (nSPS) is 27.4. The van der Waals surface area contributed by atoms with Gasteiger partial charge in [-0.3, -0.25) is 9.69 Å². The van der Waals surface area contributed by atoms with Crippen molar-refractivity contribution in [3.8, 4) is 0 Å². The Morgan fingerprint density at radius 2 is 1.69 bits per heavy atom. The van der Waals surface area contributed by atoms with Crippen molar-refractivity contribution in [2.24, 2.45) is 11.8 Å². The lowest BCUT2D eigenvalue weighted by Gasteiger charge is -2.31. The molecule has 2 atom stereocenters. The van der Waals surface area contributed by atoms with Gasteiger partial charge in [-0.15, -0.1) is 0 Å². The second kappa shape index (κ2) is 9.17. The molecule has 2 bridgehead atoms. The number of ether oxygens (including phenoxy) is 1. The molecular weight excluding hydrogens is 400 g/mol. The van der Waals surface area contributed by atoms with E-state index in [0.717, 1.165) is 30.9 Å². The quantitative estimate of drug-likeness (QED) is 0.536. The van der Waals surface area contributed by atoms with Crippen molar-refractivity contribution in [1.82, 2.24) is 10.2 Å². The summed E-state index contributed by atoms with van der Waals surface area (Å²) in [6, 6.07) is 7.70. The number of carbonyl (C=O) groups is 2. The highest BCUT2D eigenvalue weighted by Gasteiger charge is 2.43. The van der Waals surface area contributed by atoms with Crippen LogP contribution in [-0.4, -0.2) is 35.0 Å². The number of amides is 1. The molecule has 3 aliphatic rings. The maximum Gasteiger partial charge on any atom is 0.407 e. The smallest absolute Gasteiger partial charge is 0.407 e. The number of fused-ring (bicyclic) bond motifs is 5. The Hall–Kier alpha value is -1.88. The fraction of sp³-hybridized carbons (Fsp3) is 0.704. The average molecular weight is 441 g/mol. The predicted molar refractivity (Wildman–Crippen MR) is 127 cm³/mol. The van der Waals surface area contributed by atoms with Gasteiger partial charge in [0.25, 0.3) is 0 Å². The fourth-order valence-corrected chi connectivity index (χ4v) is 5.90. The van der Waals surface area contributed by atoms with Crippen LogP contribution in [0.4, 0.5) is 4.79 Å². The molecule has 2 fully saturated rings. The van der Waals surface area contributed by atoms with E-state index in [2.05, 4.69) is 22.3 Å². The maximum atomic E-state index is 12.5. The van der Waals surface area contributed by atoms with E-state index in [9.17, 15) is 9.59 Å². The van der Waals surface area contributed by atoms with E-state index in [1.54, 1.807) is 0 Å². The molecule has 5 nitrogen and oxygen atoms in total. The Morgan fingerprint density at radius 1 is 1.03 bits per heavy atom. The van der Waals surface area contributed by atoms with Crippen LogP contribution in [-0.2, 0) is 4.74 Å². The summed E-state index contributed by atoms with van der Waals surface area (Å²) in [5.74, 6) is 1.02. The highest BCUT2D eigenvalue weighted by atomic mass is 16.6. The van der Waals surface area contributed by atoms with E-state index in [0.29, 0.717) is 12.1 Å². The highest BCUT2D eigenvalue weighted by molar-refractivity contribution is 5.97. The number of Topliss-reactive ketones (excluding diaryl/α,β-unsaturated/α-hetero) is 1. The summed E-state index contributed by atoms with van der Waals surface area (Å²) >= 11 is 0. The summed E-state index contributed by atoms with van der Waals surface area (Å²) < 4.78 is 5.40. The lowest BCUT2D eigenvalue weighted by Crippen LogP contribution is -2.41. The number of hydrogen-bond donors (Lipinski definition) is 1. The molecular formula is C27H40N2O3. The maximum absolute atomic E-state index is 12.5. The molecule has 2 unspecified atom stereocenters. The summed E-state index contributed by atoms with van der Waals surface area (Å²) in [6.07, 6.45) is 7.80. The zero-order valence-electron chi connectivity index (χ0n) is 20.4. The summed E-state index contributed by atoms with van der Waals surface area (Å²) in [7, 11) is 0. The van der Waals surface area contributed by atoms with Crippen molar-refractivity contribution in [1.29, 1.82) is 0 Å². The molecule has 2 heterocycles. The standard InChI is InChI=1S/C27H40N2O3/c1-17(2)25(30)19-8-11-21-22(16-19)24-13-12-23(21)29(24)15-14-18-6-9-20(10-7-18)28-26(31)32-27(3,4)5/h8,11,16-18,20,23-24H,6-7,9-10,12-15H2,1-5H3,(H,28,31). The van der Waals surface area contributed by atoms with Crippen molar-refractivity contribution in [2.45, 2.75) is 103 Å². The molecule has 1 amide bonds. The topological polar surface area (TPSA) is 58.6 Å². The Balaban J connectivity index is 1.27. The van der Waals surface area contributed by atoms with Crippen LogP contribution in [0.3, 0.4) is 0 Å². The number of carbonyl (C=O) groups excluding carboxylic acids is 2. The third-order valence-corrected chi connectivity index (χ3v) is 7.49. The number of nitrogens with one attached hydrogen (secondary N) is 1. The van der Waals surface area contributed by atoms with Gasteiger partial charge in [0.1, 0.15) is 5.60 Å². The van der Waals surface area contributed by atoms with Crippen molar-refractivity contribution >= 4 is 11.9 Å². The highest BCUT2D eigenvalue weighted by Crippen LogP contribution is 2.53. The van der Waals surface area contributed by atoms with E-state index in [-0.39, 0.29) is 23.8 Å². The van der Waals surface area contributed by atoms with Crippen LogP contribution in [0.1, 0.15) is 113 Å². The minimum Gasteiger partial charge on any atom is -0.444 e. The molecule has 0 aromatic heterocycles. The lowest BCUT2D eigenvalue weighted by atomic mass is 9.84. The third-order valence-electron chi connectivity index (χ3n) is 7.49. The first-order valence-electron chi connectivity index (χ1n) is 12.6. The van der Waals surface area contributed by atoms with E-state index in [4.69, 9.17) is 4.74 Å². The molecule has 1 aliphatic carbocycles. The summed E-state index contributed by atoms with van der Waals surface area (Å²) in [4.78, 5) is 27.2. The van der Waals surface area contributed by atoms with Gasteiger partial charge in [-0.2, -0.15) is 0 Å². The Bertz CT molecular complexity index is 849. The van der Waals surface area contributed by atoms with Gasteiger partial charge in [0.05, 0.1) is 0 Å². The monoisotopic (exact) mass is 440 g/mol. The van der Waals surface area contributed by atoms with Crippen molar-refractivity contribution in [2.75, 3.05) is 6.54 Å². The SMILES string of the molecule is CC(C)C(=O)c1ccc2c(c1)C1CCC2N1CCC1CCC(NC(=O)OC(C)(C)C)CC1. The van der Waals surface area contributed by atoms with Gasteiger partial charge in [-0.1, -0.05) is 26.0 Å². The number of benzene rings is 1. The second-order valence-electron chi connectivity index (χ2n) is 11.4. The number of hydrogen-bond acceptors (Lipinski definition) is 4. The molecule has 1 aromatic carbocycles. The Kier molecular flexibility index (Phi) is 6.67. The van der Waals surface area contributed by atoms with Gasteiger partial charge in [0.2, 0.25) is 0 Å². The second-order valence-corrected chi connectivity index (χ2v) is 11.4. The molecule has 1 saturated heterocycles. The predicted octanol–water partition coefficient (Wildman–Crippen LogP) is 6.19. The zero-order valence-corrected chi connectivity index (χ0v) is 20.4. The average Bonchev–Trinajstić information content (AvgIpc) is 3.26. The fourth-order valence-electron chi connectivity index (χ4n) is 5.90. The molecule has 0 spiro atoms. The number of nitrogens with zero attached hydrogens (tertiary/aromatic N) is 1. The molecule has 5 heteroatoms. The van der Waals surface area contributed by atoms with Gasteiger partial charge in [-0.05, 0) is 95.4 Å².